The fraction of sp³-hybridized carbons (Fsp3) is 0.583. The van der Waals surface area contributed by atoms with Gasteiger partial charge in [-0.1, -0.05) is 31.0 Å². The van der Waals surface area contributed by atoms with Crippen LogP contribution in [0.25, 0.3) is 10.9 Å². The molecule has 3 heterocycles. The molecule has 0 saturated carbocycles. The minimum Gasteiger partial charge on any atom is -0.444 e. The Hall–Kier alpha value is -2.50. The molecule has 30 heavy (non-hydrogen) atoms. The van der Waals surface area contributed by atoms with E-state index in [9.17, 15) is 9.59 Å². The summed E-state index contributed by atoms with van der Waals surface area (Å²) in [4.78, 5) is 31.3. The molecule has 6 nitrogen and oxygen atoms in total. The zero-order chi connectivity index (χ0) is 21.3. The molecule has 2 aromatic rings. The van der Waals surface area contributed by atoms with E-state index in [2.05, 4.69) is 39.6 Å². The van der Waals surface area contributed by atoms with Crippen molar-refractivity contribution in [3.05, 3.63) is 36.0 Å². The molecule has 1 unspecified atom stereocenters. The van der Waals surface area contributed by atoms with Gasteiger partial charge in [-0.2, -0.15) is 0 Å². The van der Waals surface area contributed by atoms with Crippen molar-refractivity contribution in [1.82, 2.24) is 15.2 Å². The second-order valence-electron chi connectivity index (χ2n) is 9.68. The first-order chi connectivity index (χ1) is 14.3. The summed E-state index contributed by atoms with van der Waals surface area (Å²) in [5, 5.41) is 4.08. The Morgan fingerprint density at radius 2 is 1.93 bits per heavy atom. The molecule has 0 bridgehead atoms. The van der Waals surface area contributed by atoms with Gasteiger partial charge in [0, 0.05) is 29.2 Å². The van der Waals surface area contributed by atoms with Gasteiger partial charge in [0.2, 0.25) is 5.91 Å². The fourth-order valence-electron chi connectivity index (χ4n) is 4.97. The number of benzene rings is 1. The molecule has 1 aromatic carbocycles. The Bertz CT molecular complexity index is 914. The lowest BCUT2D eigenvalue weighted by Crippen LogP contribution is -2.54. The molecule has 6 heteroatoms. The predicted molar refractivity (Wildman–Crippen MR) is 117 cm³/mol. The Balaban J connectivity index is 1.52. The number of ether oxygens (including phenoxy) is 1. The Morgan fingerprint density at radius 3 is 2.73 bits per heavy atom. The molecule has 3 atom stereocenters. The van der Waals surface area contributed by atoms with E-state index in [1.165, 1.54) is 10.9 Å². The predicted octanol–water partition coefficient (Wildman–Crippen LogP) is 4.54. The van der Waals surface area contributed by atoms with Gasteiger partial charge in [0.15, 0.2) is 0 Å². The molecule has 0 aliphatic carbocycles. The van der Waals surface area contributed by atoms with E-state index < -0.39 is 17.7 Å². The second kappa shape index (κ2) is 8.32. The van der Waals surface area contributed by atoms with Crippen LogP contribution in [-0.4, -0.2) is 45.6 Å². The first-order valence-electron chi connectivity index (χ1n) is 11.2. The van der Waals surface area contributed by atoms with Crippen LogP contribution in [0.2, 0.25) is 0 Å². The average Bonchev–Trinajstić information content (AvgIpc) is 3.25. The third kappa shape index (κ3) is 4.47. The van der Waals surface area contributed by atoms with Crippen LogP contribution in [0, 0.1) is 0 Å². The highest BCUT2D eigenvalue weighted by atomic mass is 16.6. The second-order valence-corrected chi connectivity index (χ2v) is 9.68. The van der Waals surface area contributed by atoms with E-state index >= 15 is 0 Å². The lowest BCUT2D eigenvalue weighted by atomic mass is 9.98. The van der Waals surface area contributed by atoms with E-state index in [0.29, 0.717) is 6.42 Å². The van der Waals surface area contributed by atoms with E-state index in [1.54, 1.807) is 0 Å². The minimum absolute atomic E-state index is 0.0490. The monoisotopic (exact) mass is 411 g/mol. The van der Waals surface area contributed by atoms with Gasteiger partial charge >= 0.3 is 6.09 Å². The van der Waals surface area contributed by atoms with Crippen molar-refractivity contribution in [2.75, 3.05) is 0 Å². The number of hydrogen-bond acceptors (Lipinski definition) is 3. The highest BCUT2D eigenvalue weighted by molar-refractivity contribution is 5.87. The highest BCUT2D eigenvalue weighted by Crippen LogP contribution is 2.34. The molecule has 1 aromatic heterocycles. The zero-order valence-corrected chi connectivity index (χ0v) is 18.2. The molecule has 0 spiro atoms. The lowest BCUT2D eigenvalue weighted by molar-refractivity contribution is -0.137. The van der Waals surface area contributed by atoms with Crippen molar-refractivity contribution < 1.29 is 14.3 Å². The number of H-pyrrole nitrogens is 1. The number of carbonyl (C=O) groups is 2. The summed E-state index contributed by atoms with van der Waals surface area (Å²) in [7, 11) is 0. The van der Waals surface area contributed by atoms with Crippen LogP contribution >= 0.6 is 0 Å². The van der Waals surface area contributed by atoms with Crippen molar-refractivity contribution in [1.29, 1.82) is 0 Å². The van der Waals surface area contributed by atoms with Gasteiger partial charge in [0.25, 0.3) is 0 Å². The van der Waals surface area contributed by atoms with Crippen LogP contribution < -0.4 is 5.32 Å². The largest absolute Gasteiger partial charge is 0.444 e. The summed E-state index contributed by atoms with van der Waals surface area (Å²) in [6.07, 6.45) is 8.20. The zero-order valence-electron chi connectivity index (χ0n) is 18.2. The normalized spacial score (nSPS) is 25.0. The highest BCUT2D eigenvalue weighted by Gasteiger charge is 2.41. The van der Waals surface area contributed by atoms with Crippen LogP contribution in [-0.2, 0) is 16.0 Å². The number of alkyl carbamates (subject to hydrolysis) is 1. The minimum atomic E-state index is -0.581. The molecule has 2 amide bonds. The third-order valence-electron chi connectivity index (χ3n) is 6.27. The van der Waals surface area contributed by atoms with E-state index in [0.717, 1.165) is 44.0 Å². The summed E-state index contributed by atoms with van der Waals surface area (Å²) in [6, 6.07) is 8.24. The van der Waals surface area contributed by atoms with E-state index in [-0.39, 0.29) is 18.0 Å². The number of rotatable bonds is 3. The number of amides is 2. The molecule has 4 rings (SSSR count). The van der Waals surface area contributed by atoms with Crippen LogP contribution in [0.5, 0.6) is 0 Å². The number of nitrogens with one attached hydrogen (secondary N) is 2. The molecule has 2 N–H and O–H groups in total. The molecular formula is C24H33N3O3. The molecule has 2 saturated heterocycles. The number of para-hydroxylation sites is 1. The fourth-order valence-corrected chi connectivity index (χ4v) is 4.97. The molecule has 0 radical (unpaired) electrons. The summed E-state index contributed by atoms with van der Waals surface area (Å²) < 4.78 is 5.41. The molecular weight excluding hydrogens is 378 g/mol. The third-order valence-corrected chi connectivity index (χ3v) is 6.27. The number of hydrogen-bond donors (Lipinski definition) is 2. The molecule has 162 valence electrons. The smallest absolute Gasteiger partial charge is 0.408 e. The number of aromatic amines is 1. The van der Waals surface area contributed by atoms with Crippen LogP contribution in [0.3, 0.4) is 0 Å². The van der Waals surface area contributed by atoms with Gasteiger partial charge in [0.05, 0.1) is 0 Å². The van der Waals surface area contributed by atoms with Crippen molar-refractivity contribution in [3.63, 3.8) is 0 Å². The van der Waals surface area contributed by atoms with Crippen molar-refractivity contribution in [2.45, 2.75) is 89.4 Å². The Kier molecular flexibility index (Phi) is 5.76. The van der Waals surface area contributed by atoms with Gasteiger partial charge in [-0.15, -0.1) is 0 Å². The SMILES string of the molecule is CC(C)(C)OC(=O)N[C@H]1CCCC[C@H]2CCC(Cc3c[nH]c4ccccc34)N2C1=O. The molecule has 2 aliphatic rings. The average molecular weight is 412 g/mol. The Morgan fingerprint density at radius 1 is 1.17 bits per heavy atom. The van der Waals surface area contributed by atoms with Gasteiger partial charge in [-0.3, -0.25) is 4.79 Å². The number of fused-ring (bicyclic) bond motifs is 2. The number of nitrogens with zero attached hydrogens (tertiary/aromatic N) is 1. The van der Waals surface area contributed by atoms with Crippen LogP contribution in [0.1, 0.15) is 64.9 Å². The number of carbonyl (C=O) groups excluding carboxylic acids is 2. The van der Waals surface area contributed by atoms with Gasteiger partial charge in [0.1, 0.15) is 11.6 Å². The van der Waals surface area contributed by atoms with Crippen molar-refractivity contribution in [3.8, 4) is 0 Å². The lowest BCUT2D eigenvalue weighted by Gasteiger charge is -2.36. The standard InChI is InChI=1S/C24H33N3O3/c1-24(2,3)30-23(29)26-21-11-6-4-8-17-12-13-18(27(17)22(21)28)14-16-15-25-20-10-7-5-9-19(16)20/h5,7,9-10,15,17-18,21,25H,4,6,8,11-14H2,1-3H3,(H,26,29)/t17-,18?,21-/m0/s1. The van der Waals surface area contributed by atoms with Crippen LogP contribution in [0.4, 0.5) is 4.79 Å². The summed E-state index contributed by atoms with van der Waals surface area (Å²) in [6.45, 7) is 5.50. The van der Waals surface area contributed by atoms with E-state index in [4.69, 9.17) is 4.74 Å². The Labute approximate surface area is 178 Å². The van der Waals surface area contributed by atoms with Crippen LogP contribution in [0.15, 0.2) is 30.5 Å². The number of aromatic nitrogens is 1. The van der Waals surface area contributed by atoms with Crippen molar-refractivity contribution in [2.24, 2.45) is 0 Å². The molecule has 2 aliphatic heterocycles. The van der Waals surface area contributed by atoms with Gasteiger partial charge in [-0.25, -0.2) is 4.79 Å². The van der Waals surface area contributed by atoms with E-state index in [1.807, 2.05) is 26.8 Å². The maximum Gasteiger partial charge on any atom is 0.408 e. The topological polar surface area (TPSA) is 74.4 Å². The van der Waals surface area contributed by atoms with Gasteiger partial charge < -0.3 is 19.9 Å². The van der Waals surface area contributed by atoms with Crippen molar-refractivity contribution >= 4 is 22.9 Å². The van der Waals surface area contributed by atoms with Gasteiger partial charge in [-0.05, 0) is 64.5 Å². The first kappa shape index (κ1) is 20.8. The maximum absolute atomic E-state index is 13.5. The first-order valence-corrected chi connectivity index (χ1v) is 11.2. The molecule has 2 fully saturated rings. The summed E-state index contributed by atoms with van der Waals surface area (Å²) in [5.74, 6) is 0.0490. The summed E-state index contributed by atoms with van der Waals surface area (Å²) >= 11 is 0. The quantitative estimate of drug-likeness (QED) is 0.779. The summed E-state index contributed by atoms with van der Waals surface area (Å²) in [5.41, 5.74) is 1.80. The maximum atomic E-state index is 13.5.